The van der Waals surface area contributed by atoms with Crippen molar-refractivity contribution < 1.29 is 13.9 Å². The molecule has 0 N–H and O–H groups in total. The maximum Gasteiger partial charge on any atom is 0.192 e. The summed E-state index contributed by atoms with van der Waals surface area (Å²) in [5.41, 5.74) is 2.71. The fraction of sp³-hybridized carbons (Fsp3) is 0.867. The molecule has 1 rings (SSSR count). The summed E-state index contributed by atoms with van der Waals surface area (Å²) in [4.78, 5) is 0. The largest absolute Gasteiger partial charge is 0.413 e. The molecule has 3 nitrogen and oxygen atoms in total. The van der Waals surface area contributed by atoms with Crippen molar-refractivity contribution in [2.24, 2.45) is 0 Å². The molecule has 0 amide bonds. The third kappa shape index (κ3) is 4.70. The molecule has 1 heterocycles. The predicted molar refractivity (Wildman–Crippen MR) is 81.8 cm³/mol. The molecule has 0 aromatic heterocycles. The highest BCUT2D eigenvalue weighted by atomic mass is 28.4. The number of rotatable bonds is 4. The summed E-state index contributed by atoms with van der Waals surface area (Å²) < 4.78 is 17.1. The molecule has 112 valence electrons. The number of ether oxygens (including phenoxy) is 2. The van der Waals surface area contributed by atoms with Crippen LogP contribution in [0.1, 0.15) is 40.5 Å². The summed E-state index contributed by atoms with van der Waals surface area (Å²) >= 11 is 0. The van der Waals surface area contributed by atoms with E-state index in [-0.39, 0.29) is 11.3 Å². The van der Waals surface area contributed by atoms with E-state index >= 15 is 0 Å². The van der Waals surface area contributed by atoms with Gasteiger partial charge in [0.15, 0.2) is 14.6 Å². The topological polar surface area (TPSA) is 27.7 Å². The monoisotopic (exact) mass is 286 g/mol. The number of hydrogen-bond donors (Lipinski definition) is 0. The third-order valence-corrected chi connectivity index (χ3v) is 8.93. The molecule has 1 aliphatic rings. The number of methoxy groups -OCH3 is 1. The Morgan fingerprint density at radius 2 is 2.00 bits per heavy atom. The number of hydrogen-bond acceptors (Lipinski definition) is 3. The molecule has 1 atom stereocenters. The van der Waals surface area contributed by atoms with E-state index < -0.39 is 8.32 Å². The van der Waals surface area contributed by atoms with Crippen molar-refractivity contribution in [1.82, 2.24) is 0 Å². The highest BCUT2D eigenvalue weighted by molar-refractivity contribution is 6.74. The summed E-state index contributed by atoms with van der Waals surface area (Å²) in [5.74, 6) is 0. The van der Waals surface area contributed by atoms with Gasteiger partial charge in [0, 0.05) is 13.5 Å². The Hall–Kier alpha value is -0.163. The Balaban J connectivity index is 2.54. The van der Waals surface area contributed by atoms with Crippen molar-refractivity contribution in [2.45, 2.75) is 65.0 Å². The Kier molecular flexibility index (Phi) is 5.80. The van der Waals surface area contributed by atoms with Crippen LogP contribution in [0, 0.1) is 0 Å². The van der Waals surface area contributed by atoms with E-state index in [1.54, 1.807) is 7.11 Å². The van der Waals surface area contributed by atoms with Gasteiger partial charge in [-0.2, -0.15) is 0 Å². The first-order valence-corrected chi connectivity index (χ1v) is 10.0. The molecule has 4 heteroatoms. The molecule has 0 saturated carbocycles. The van der Waals surface area contributed by atoms with Crippen LogP contribution in [-0.2, 0) is 13.9 Å². The van der Waals surface area contributed by atoms with Gasteiger partial charge in [-0.25, -0.2) is 0 Å². The van der Waals surface area contributed by atoms with Gasteiger partial charge in [-0.15, -0.1) is 0 Å². The van der Waals surface area contributed by atoms with E-state index in [0.717, 1.165) is 19.4 Å². The minimum atomic E-state index is -1.65. The van der Waals surface area contributed by atoms with E-state index in [4.69, 9.17) is 13.9 Å². The highest BCUT2D eigenvalue weighted by Crippen LogP contribution is 2.37. The summed E-state index contributed by atoms with van der Waals surface area (Å²) in [6.45, 7) is 15.0. The lowest BCUT2D eigenvalue weighted by Crippen LogP contribution is -2.41. The van der Waals surface area contributed by atoms with E-state index in [2.05, 4.69) is 40.8 Å². The molecule has 1 fully saturated rings. The van der Waals surface area contributed by atoms with Crippen LogP contribution in [0.25, 0.3) is 0 Å². The quantitative estimate of drug-likeness (QED) is 0.575. The molecule has 0 aromatic rings. The van der Waals surface area contributed by atoms with Gasteiger partial charge in [0.1, 0.15) is 0 Å². The maximum absolute atomic E-state index is 6.26. The average molecular weight is 286 g/mol. The minimum absolute atomic E-state index is 0.0298. The van der Waals surface area contributed by atoms with Crippen LogP contribution >= 0.6 is 0 Å². The second-order valence-electron chi connectivity index (χ2n) is 6.95. The first-order chi connectivity index (χ1) is 8.67. The fourth-order valence-corrected chi connectivity index (χ4v) is 2.78. The molecule has 1 unspecified atom stereocenters. The molecule has 0 spiro atoms. The van der Waals surface area contributed by atoms with E-state index in [1.165, 1.54) is 11.1 Å². The Bertz CT molecular complexity index is 319. The molecule has 0 aliphatic carbocycles. The van der Waals surface area contributed by atoms with Gasteiger partial charge in [-0.1, -0.05) is 20.8 Å². The van der Waals surface area contributed by atoms with Crippen LogP contribution in [0.15, 0.2) is 11.1 Å². The Morgan fingerprint density at radius 1 is 1.37 bits per heavy atom. The van der Waals surface area contributed by atoms with E-state index in [9.17, 15) is 0 Å². The summed E-state index contributed by atoms with van der Waals surface area (Å²) in [7, 11) is 0.0499. The second kappa shape index (κ2) is 6.53. The fourth-order valence-electron chi connectivity index (χ4n) is 1.77. The molecule has 19 heavy (non-hydrogen) atoms. The van der Waals surface area contributed by atoms with Gasteiger partial charge in [0.2, 0.25) is 0 Å². The average Bonchev–Trinajstić information content (AvgIpc) is 2.35. The zero-order chi connectivity index (χ0) is 14.7. The lowest BCUT2D eigenvalue weighted by Gasteiger charge is -2.36. The van der Waals surface area contributed by atoms with Crippen LogP contribution in [-0.4, -0.2) is 34.9 Å². The SMILES string of the molecule is COC1CC/C(=C(/C)CO[Si](C)(C)C(C)(C)C)CO1. The molecule has 1 saturated heterocycles. The molecular weight excluding hydrogens is 256 g/mol. The van der Waals surface area contributed by atoms with E-state index in [1.807, 2.05) is 0 Å². The first kappa shape index (κ1) is 16.9. The summed E-state index contributed by atoms with van der Waals surface area (Å²) in [6.07, 6.45) is 1.98. The van der Waals surface area contributed by atoms with Crippen molar-refractivity contribution in [1.29, 1.82) is 0 Å². The molecule has 0 radical (unpaired) electrons. The first-order valence-electron chi connectivity index (χ1n) is 7.13. The van der Waals surface area contributed by atoms with E-state index in [0.29, 0.717) is 6.61 Å². The van der Waals surface area contributed by atoms with Crippen molar-refractivity contribution in [3.05, 3.63) is 11.1 Å². The highest BCUT2D eigenvalue weighted by Gasteiger charge is 2.37. The third-order valence-electron chi connectivity index (χ3n) is 4.45. The zero-order valence-corrected chi connectivity index (χ0v) is 14.6. The standard InChI is InChI=1S/C15H30O3Si/c1-12(10-18-19(6,7)15(2,3)4)13-8-9-14(16-5)17-11-13/h14H,8-11H2,1-7H3/b13-12+. The maximum atomic E-state index is 6.26. The zero-order valence-electron chi connectivity index (χ0n) is 13.6. The summed E-state index contributed by atoms with van der Waals surface area (Å²) in [5, 5.41) is 0.266. The van der Waals surface area contributed by atoms with Gasteiger partial charge in [0.05, 0.1) is 13.2 Å². The van der Waals surface area contributed by atoms with Gasteiger partial charge in [-0.3, -0.25) is 0 Å². The van der Waals surface area contributed by atoms with Crippen LogP contribution in [0.3, 0.4) is 0 Å². The van der Waals surface area contributed by atoms with Gasteiger partial charge in [-0.05, 0) is 42.6 Å². The van der Waals surface area contributed by atoms with Crippen LogP contribution in [0.5, 0.6) is 0 Å². The molecule has 0 bridgehead atoms. The normalized spacial score (nSPS) is 24.5. The second-order valence-corrected chi connectivity index (χ2v) is 11.8. The molecular formula is C15H30O3Si. The van der Waals surface area contributed by atoms with Crippen molar-refractivity contribution in [3.8, 4) is 0 Å². The summed E-state index contributed by atoms with van der Waals surface area (Å²) in [6, 6.07) is 0. The Morgan fingerprint density at radius 3 is 2.42 bits per heavy atom. The minimum Gasteiger partial charge on any atom is -0.413 e. The van der Waals surface area contributed by atoms with Gasteiger partial charge in [0.25, 0.3) is 0 Å². The van der Waals surface area contributed by atoms with Crippen LogP contribution in [0.4, 0.5) is 0 Å². The van der Waals surface area contributed by atoms with Crippen LogP contribution < -0.4 is 0 Å². The van der Waals surface area contributed by atoms with Gasteiger partial charge < -0.3 is 13.9 Å². The van der Waals surface area contributed by atoms with Gasteiger partial charge >= 0.3 is 0 Å². The van der Waals surface area contributed by atoms with Crippen molar-refractivity contribution >= 4 is 8.32 Å². The smallest absolute Gasteiger partial charge is 0.192 e. The lowest BCUT2D eigenvalue weighted by molar-refractivity contribution is -0.132. The lowest BCUT2D eigenvalue weighted by atomic mass is 10.0. The van der Waals surface area contributed by atoms with Crippen molar-refractivity contribution in [2.75, 3.05) is 20.3 Å². The Labute approximate surface area is 119 Å². The van der Waals surface area contributed by atoms with Crippen molar-refractivity contribution in [3.63, 3.8) is 0 Å². The molecule has 0 aromatic carbocycles. The molecule has 1 aliphatic heterocycles. The predicted octanol–water partition coefficient (Wildman–Crippen LogP) is 4.11. The van der Waals surface area contributed by atoms with Crippen LogP contribution in [0.2, 0.25) is 18.1 Å².